The molecule has 1 aromatic rings. The van der Waals surface area contributed by atoms with E-state index in [0.717, 1.165) is 6.42 Å². The maximum Gasteiger partial charge on any atom is 0.352 e. The van der Waals surface area contributed by atoms with Crippen molar-refractivity contribution in [1.82, 2.24) is 9.97 Å². The highest BCUT2D eigenvalue weighted by molar-refractivity contribution is 5.48. The Morgan fingerprint density at radius 2 is 2.12 bits per heavy atom. The molecule has 0 aliphatic heterocycles. The number of anilines is 1. The Bertz CT molecular complexity index is 409. The molecule has 0 bridgehead atoms. The van der Waals surface area contributed by atoms with E-state index in [9.17, 15) is 10.1 Å². The van der Waals surface area contributed by atoms with Gasteiger partial charge in [0.05, 0.1) is 11.5 Å². The first-order valence-electron chi connectivity index (χ1n) is 5.49. The molecule has 0 aliphatic rings. The Balaban J connectivity index is 3.14. The summed E-state index contributed by atoms with van der Waals surface area (Å²) < 4.78 is 5.28. The van der Waals surface area contributed by atoms with Crippen LogP contribution in [0.4, 0.5) is 11.6 Å². The van der Waals surface area contributed by atoms with Crippen molar-refractivity contribution < 1.29 is 9.66 Å². The average Bonchev–Trinajstić information content (AvgIpc) is 2.25. The van der Waals surface area contributed by atoms with E-state index >= 15 is 0 Å². The first-order chi connectivity index (χ1) is 8.10. The van der Waals surface area contributed by atoms with Gasteiger partial charge >= 0.3 is 5.69 Å². The molecule has 94 valence electrons. The molecule has 7 nitrogen and oxygen atoms in total. The summed E-state index contributed by atoms with van der Waals surface area (Å²) in [5, 5.41) is 13.8. The fourth-order valence-electron chi connectivity index (χ4n) is 1.29. The molecule has 0 unspecified atom stereocenters. The van der Waals surface area contributed by atoms with E-state index in [1.54, 1.807) is 6.92 Å². The molecular formula is C10H16N4O3. The molecule has 0 aromatic carbocycles. The highest BCUT2D eigenvalue weighted by Crippen LogP contribution is 2.28. The number of nitrogens with zero attached hydrogens (tertiary/aromatic N) is 3. The number of aryl methyl sites for hydroxylation is 1. The van der Waals surface area contributed by atoms with Crippen molar-refractivity contribution in [2.75, 3.05) is 18.5 Å². The monoisotopic (exact) mass is 240 g/mol. The second kappa shape index (κ2) is 5.97. The Labute approximate surface area is 99.4 Å². The Hall–Kier alpha value is -1.92. The second-order valence-electron chi connectivity index (χ2n) is 3.42. The number of hydrogen-bond donors (Lipinski definition) is 1. The van der Waals surface area contributed by atoms with Crippen LogP contribution in [0.15, 0.2) is 0 Å². The molecule has 0 spiro atoms. The molecule has 0 fully saturated rings. The van der Waals surface area contributed by atoms with E-state index in [1.807, 2.05) is 13.8 Å². The molecule has 1 N–H and O–H groups in total. The second-order valence-corrected chi connectivity index (χ2v) is 3.42. The van der Waals surface area contributed by atoms with Crippen molar-refractivity contribution in [3.05, 3.63) is 15.8 Å². The number of nitro groups is 1. The lowest BCUT2D eigenvalue weighted by Gasteiger charge is -2.08. The minimum atomic E-state index is -0.518. The highest BCUT2D eigenvalue weighted by atomic mass is 16.6. The topological polar surface area (TPSA) is 90.2 Å². The van der Waals surface area contributed by atoms with Crippen LogP contribution in [0.1, 0.15) is 26.0 Å². The van der Waals surface area contributed by atoms with Crippen LogP contribution in [0.3, 0.4) is 0 Å². The van der Waals surface area contributed by atoms with Crippen molar-refractivity contribution in [3.8, 4) is 5.88 Å². The Morgan fingerprint density at radius 1 is 1.41 bits per heavy atom. The fourth-order valence-corrected chi connectivity index (χ4v) is 1.29. The van der Waals surface area contributed by atoms with Gasteiger partial charge in [-0.3, -0.25) is 10.1 Å². The molecule has 1 heterocycles. The van der Waals surface area contributed by atoms with E-state index in [1.165, 1.54) is 0 Å². The van der Waals surface area contributed by atoms with Gasteiger partial charge in [-0.1, -0.05) is 6.92 Å². The van der Waals surface area contributed by atoms with Crippen LogP contribution in [-0.4, -0.2) is 28.0 Å². The molecule has 7 heteroatoms. The number of aromatic nitrogens is 2. The maximum absolute atomic E-state index is 10.9. The largest absolute Gasteiger partial charge is 0.473 e. The summed E-state index contributed by atoms with van der Waals surface area (Å²) in [4.78, 5) is 18.4. The van der Waals surface area contributed by atoms with Crippen molar-refractivity contribution in [2.45, 2.75) is 27.2 Å². The number of ether oxygens (including phenoxy) is 1. The lowest BCUT2D eigenvalue weighted by atomic mass is 10.3. The van der Waals surface area contributed by atoms with E-state index in [4.69, 9.17) is 4.74 Å². The van der Waals surface area contributed by atoms with Gasteiger partial charge < -0.3 is 10.1 Å². The third kappa shape index (κ3) is 3.27. The summed E-state index contributed by atoms with van der Waals surface area (Å²) in [7, 11) is 0. The molecule has 0 amide bonds. The van der Waals surface area contributed by atoms with Crippen LogP contribution in [-0.2, 0) is 0 Å². The van der Waals surface area contributed by atoms with Crippen LogP contribution in [0.2, 0.25) is 0 Å². The molecule has 0 radical (unpaired) electrons. The Morgan fingerprint density at radius 3 is 2.65 bits per heavy atom. The number of hydrogen-bond acceptors (Lipinski definition) is 6. The minimum absolute atomic E-state index is 0.0281. The van der Waals surface area contributed by atoms with Crippen molar-refractivity contribution in [3.63, 3.8) is 0 Å². The lowest BCUT2D eigenvalue weighted by molar-refractivity contribution is -0.387. The van der Waals surface area contributed by atoms with Gasteiger partial charge in [0.15, 0.2) is 0 Å². The molecular weight excluding hydrogens is 224 g/mol. The van der Waals surface area contributed by atoms with Gasteiger partial charge in [0.1, 0.15) is 5.69 Å². The zero-order valence-electron chi connectivity index (χ0n) is 10.2. The first kappa shape index (κ1) is 13.1. The zero-order chi connectivity index (χ0) is 12.8. The van der Waals surface area contributed by atoms with Gasteiger partial charge in [-0.2, -0.15) is 4.98 Å². The van der Waals surface area contributed by atoms with Crippen LogP contribution >= 0.6 is 0 Å². The third-order valence-corrected chi connectivity index (χ3v) is 1.99. The zero-order valence-corrected chi connectivity index (χ0v) is 10.2. The van der Waals surface area contributed by atoms with E-state index < -0.39 is 4.92 Å². The third-order valence-electron chi connectivity index (χ3n) is 1.99. The van der Waals surface area contributed by atoms with Crippen LogP contribution < -0.4 is 10.1 Å². The number of nitrogens with one attached hydrogen (secondary N) is 1. The summed E-state index contributed by atoms with van der Waals surface area (Å²) in [6.07, 6.45) is 0.761. The van der Waals surface area contributed by atoms with Gasteiger partial charge in [-0.15, -0.1) is 0 Å². The Kier molecular flexibility index (Phi) is 4.62. The average molecular weight is 240 g/mol. The van der Waals surface area contributed by atoms with Gasteiger partial charge in [0, 0.05) is 6.54 Å². The molecule has 0 aliphatic carbocycles. The SMILES string of the molecule is CCCOc1nc(NCC)nc(C)c1[N+](=O)[O-]. The van der Waals surface area contributed by atoms with Gasteiger partial charge in [-0.25, -0.2) is 4.98 Å². The predicted octanol–water partition coefficient (Wildman–Crippen LogP) is 1.91. The quantitative estimate of drug-likeness (QED) is 0.603. The molecule has 1 aromatic heterocycles. The molecule has 0 atom stereocenters. The minimum Gasteiger partial charge on any atom is -0.473 e. The summed E-state index contributed by atoms with van der Waals surface area (Å²) in [6, 6.07) is 0. The summed E-state index contributed by atoms with van der Waals surface area (Å²) in [5.74, 6) is 0.377. The van der Waals surface area contributed by atoms with E-state index in [-0.39, 0.29) is 11.6 Å². The first-order valence-corrected chi connectivity index (χ1v) is 5.49. The molecule has 0 saturated carbocycles. The van der Waals surface area contributed by atoms with Crippen molar-refractivity contribution >= 4 is 11.6 Å². The lowest BCUT2D eigenvalue weighted by Crippen LogP contribution is -2.09. The summed E-state index contributed by atoms with van der Waals surface area (Å²) in [6.45, 7) is 6.42. The molecule has 1 rings (SSSR count). The normalized spacial score (nSPS) is 10.1. The summed E-state index contributed by atoms with van der Waals surface area (Å²) >= 11 is 0. The van der Waals surface area contributed by atoms with Gasteiger partial charge in [0.2, 0.25) is 5.95 Å². The maximum atomic E-state index is 10.9. The molecule has 0 saturated heterocycles. The van der Waals surface area contributed by atoms with Gasteiger partial charge in [0.25, 0.3) is 5.88 Å². The van der Waals surface area contributed by atoms with Crippen LogP contribution in [0.25, 0.3) is 0 Å². The van der Waals surface area contributed by atoms with Crippen LogP contribution in [0, 0.1) is 17.0 Å². The number of rotatable bonds is 6. The predicted molar refractivity (Wildman–Crippen MR) is 63.4 cm³/mol. The standard InChI is InChI=1S/C10H16N4O3/c1-4-6-17-9-8(14(15)16)7(3)12-10(13-9)11-5-2/h4-6H2,1-3H3,(H,11,12,13). The highest BCUT2D eigenvalue weighted by Gasteiger charge is 2.23. The smallest absolute Gasteiger partial charge is 0.352 e. The fraction of sp³-hybridized carbons (Fsp3) is 0.600. The summed E-state index contributed by atoms with van der Waals surface area (Å²) in [5.41, 5.74) is 0.132. The van der Waals surface area contributed by atoms with E-state index in [0.29, 0.717) is 24.8 Å². The van der Waals surface area contributed by atoms with Crippen molar-refractivity contribution in [1.29, 1.82) is 0 Å². The van der Waals surface area contributed by atoms with Gasteiger partial charge in [-0.05, 0) is 20.3 Å². The van der Waals surface area contributed by atoms with Crippen LogP contribution in [0.5, 0.6) is 5.88 Å². The van der Waals surface area contributed by atoms with E-state index in [2.05, 4.69) is 15.3 Å². The molecule has 17 heavy (non-hydrogen) atoms. The van der Waals surface area contributed by atoms with Crippen molar-refractivity contribution in [2.24, 2.45) is 0 Å².